The van der Waals surface area contributed by atoms with Crippen LogP contribution in [0.4, 0.5) is 0 Å². The largest absolute Gasteiger partial charge is 0.497 e. The lowest BCUT2D eigenvalue weighted by Crippen LogP contribution is -2.50. The molecule has 0 unspecified atom stereocenters. The smallest absolute Gasteiger partial charge is 0.247 e. The van der Waals surface area contributed by atoms with Crippen LogP contribution in [0.3, 0.4) is 0 Å². The van der Waals surface area contributed by atoms with Gasteiger partial charge in [0, 0.05) is 30.8 Å². The molecule has 208 valence electrons. The lowest BCUT2D eigenvalue weighted by atomic mass is 9.94. The lowest BCUT2D eigenvalue weighted by Gasteiger charge is -2.35. The quantitative estimate of drug-likeness (QED) is 0.422. The van der Waals surface area contributed by atoms with Gasteiger partial charge in [0.1, 0.15) is 29.6 Å². The fourth-order valence-electron chi connectivity index (χ4n) is 5.63. The van der Waals surface area contributed by atoms with Gasteiger partial charge in [-0.3, -0.25) is 9.59 Å². The molecule has 2 fully saturated rings. The van der Waals surface area contributed by atoms with Crippen molar-refractivity contribution in [1.29, 1.82) is 0 Å². The van der Waals surface area contributed by atoms with Gasteiger partial charge in [0.15, 0.2) is 0 Å². The van der Waals surface area contributed by atoms with Crippen LogP contribution in [-0.2, 0) is 20.9 Å². The zero-order valence-corrected chi connectivity index (χ0v) is 22.7. The van der Waals surface area contributed by atoms with E-state index in [1.807, 2.05) is 30.3 Å². The molecule has 10 nitrogen and oxygen atoms in total. The normalized spacial score (nSPS) is 18.6. The number of methoxy groups -OCH3 is 2. The van der Waals surface area contributed by atoms with Gasteiger partial charge >= 0.3 is 0 Å². The number of nitrogens with one attached hydrogen (secondary N) is 1. The second kappa shape index (κ2) is 12.5. The van der Waals surface area contributed by atoms with Crippen LogP contribution in [0.25, 0.3) is 11.0 Å². The Kier molecular flexibility index (Phi) is 8.61. The van der Waals surface area contributed by atoms with Gasteiger partial charge in [0.25, 0.3) is 0 Å². The van der Waals surface area contributed by atoms with Crippen LogP contribution in [0.5, 0.6) is 11.5 Å². The van der Waals surface area contributed by atoms with E-state index in [4.69, 9.17) is 14.2 Å². The number of rotatable bonds is 10. The molecule has 3 aromatic rings. The predicted octanol–water partition coefficient (Wildman–Crippen LogP) is 3.65. The van der Waals surface area contributed by atoms with E-state index in [-0.39, 0.29) is 37.0 Å². The molecule has 2 heterocycles. The molecule has 5 rings (SSSR count). The fraction of sp³-hybridized carbons (Fsp3) is 0.517. The Morgan fingerprint density at radius 3 is 2.64 bits per heavy atom. The van der Waals surface area contributed by atoms with Gasteiger partial charge in [-0.1, -0.05) is 36.6 Å². The number of hydrogen-bond donors (Lipinski definition) is 1. The number of fused-ring (bicyclic) bond motifs is 1. The maximum Gasteiger partial charge on any atom is 0.247 e. The standard InChI is InChI=1S/C29H37N5O5/c1-37-21-14-15-23(26(17-21)38-2)28(29(36)30-20-9-4-3-5-10-20)33(18-22-11-8-16-39-22)27(35)19-34-25-13-7-6-12-24(25)31-32-34/h6-7,12-15,17,20,22,28H,3-5,8-11,16,18-19H2,1-2H3,(H,30,36)/t22-,28+/m0/s1. The monoisotopic (exact) mass is 535 g/mol. The first kappa shape index (κ1) is 26.9. The zero-order valence-electron chi connectivity index (χ0n) is 22.7. The number of ether oxygens (including phenoxy) is 3. The van der Waals surface area contributed by atoms with Crippen LogP contribution in [-0.4, -0.2) is 71.2 Å². The Balaban J connectivity index is 1.52. The van der Waals surface area contributed by atoms with Crippen LogP contribution < -0.4 is 14.8 Å². The van der Waals surface area contributed by atoms with Gasteiger partial charge in [0.2, 0.25) is 11.8 Å². The van der Waals surface area contributed by atoms with Crippen LogP contribution in [0.1, 0.15) is 56.6 Å². The summed E-state index contributed by atoms with van der Waals surface area (Å²) in [4.78, 5) is 29.8. The molecule has 1 aromatic heterocycles. The molecule has 2 aliphatic rings. The maximum atomic E-state index is 14.1. The Morgan fingerprint density at radius 1 is 1.08 bits per heavy atom. The van der Waals surface area contributed by atoms with E-state index >= 15 is 0 Å². The number of benzene rings is 2. The molecule has 10 heteroatoms. The molecule has 0 bridgehead atoms. The third-order valence-corrected chi connectivity index (χ3v) is 7.70. The highest BCUT2D eigenvalue weighted by Crippen LogP contribution is 2.35. The first-order valence-electron chi connectivity index (χ1n) is 13.8. The van der Waals surface area contributed by atoms with E-state index in [2.05, 4.69) is 15.6 Å². The molecule has 0 spiro atoms. The van der Waals surface area contributed by atoms with Crippen molar-refractivity contribution in [2.75, 3.05) is 27.4 Å². The fourth-order valence-corrected chi connectivity index (χ4v) is 5.63. The highest BCUT2D eigenvalue weighted by molar-refractivity contribution is 5.90. The van der Waals surface area contributed by atoms with Crippen molar-refractivity contribution in [3.63, 3.8) is 0 Å². The van der Waals surface area contributed by atoms with Crippen LogP contribution in [0.2, 0.25) is 0 Å². The van der Waals surface area contributed by atoms with E-state index < -0.39 is 6.04 Å². The van der Waals surface area contributed by atoms with Crippen molar-refractivity contribution < 1.29 is 23.8 Å². The van der Waals surface area contributed by atoms with Crippen LogP contribution in [0.15, 0.2) is 42.5 Å². The minimum Gasteiger partial charge on any atom is -0.497 e. The molecule has 39 heavy (non-hydrogen) atoms. The molecule has 1 saturated carbocycles. The average molecular weight is 536 g/mol. The second-order valence-electron chi connectivity index (χ2n) is 10.3. The minimum absolute atomic E-state index is 0.0566. The van der Waals surface area contributed by atoms with E-state index in [9.17, 15) is 9.59 Å². The van der Waals surface area contributed by atoms with Crippen molar-refractivity contribution in [3.05, 3.63) is 48.0 Å². The summed E-state index contributed by atoms with van der Waals surface area (Å²) in [7, 11) is 3.14. The first-order chi connectivity index (χ1) is 19.1. The number of hydrogen-bond acceptors (Lipinski definition) is 7. The maximum absolute atomic E-state index is 14.1. The Hall–Kier alpha value is -3.66. The Morgan fingerprint density at radius 2 is 1.90 bits per heavy atom. The highest BCUT2D eigenvalue weighted by Gasteiger charge is 2.37. The summed E-state index contributed by atoms with van der Waals surface area (Å²) >= 11 is 0. The third kappa shape index (κ3) is 6.16. The van der Waals surface area contributed by atoms with Gasteiger partial charge in [0.05, 0.1) is 25.8 Å². The summed E-state index contributed by atoms with van der Waals surface area (Å²) in [5, 5.41) is 11.7. The SMILES string of the molecule is COc1ccc([C@H](C(=O)NC2CCCCC2)N(C[C@@H]2CCCO2)C(=O)Cn2nnc3ccccc32)c(OC)c1. The van der Waals surface area contributed by atoms with Crippen molar-refractivity contribution in [3.8, 4) is 11.5 Å². The Bertz CT molecular complexity index is 1280. The molecule has 2 aromatic carbocycles. The molecule has 1 N–H and O–H groups in total. The molecule has 1 aliphatic heterocycles. The average Bonchev–Trinajstić information content (AvgIpc) is 3.63. The van der Waals surface area contributed by atoms with Gasteiger partial charge in [-0.2, -0.15) is 0 Å². The summed E-state index contributed by atoms with van der Waals surface area (Å²) in [5.41, 5.74) is 2.06. The van der Waals surface area contributed by atoms with E-state index in [0.717, 1.165) is 44.0 Å². The Labute approximate surface area is 228 Å². The molecule has 1 aliphatic carbocycles. The van der Waals surface area contributed by atoms with Gasteiger partial charge in [-0.25, -0.2) is 4.68 Å². The minimum atomic E-state index is -0.917. The number of para-hydroxylation sites is 1. The molecular formula is C29H37N5O5. The van der Waals surface area contributed by atoms with Crippen molar-refractivity contribution in [2.24, 2.45) is 0 Å². The summed E-state index contributed by atoms with van der Waals surface area (Å²) in [6, 6.07) is 12.0. The third-order valence-electron chi connectivity index (χ3n) is 7.70. The summed E-state index contributed by atoms with van der Waals surface area (Å²) < 4.78 is 18.6. The topological polar surface area (TPSA) is 108 Å². The number of carbonyl (C=O) groups is 2. The van der Waals surface area contributed by atoms with E-state index in [1.54, 1.807) is 35.9 Å². The highest BCUT2D eigenvalue weighted by atomic mass is 16.5. The number of carbonyl (C=O) groups excluding carboxylic acids is 2. The predicted molar refractivity (Wildman–Crippen MR) is 146 cm³/mol. The summed E-state index contributed by atoms with van der Waals surface area (Å²) in [5.74, 6) is 0.616. The number of nitrogens with zero attached hydrogens (tertiary/aromatic N) is 4. The zero-order chi connectivity index (χ0) is 27.2. The van der Waals surface area contributed by atoms with Crippen molar-refractivity contribution >= 4 is 22.8 Å². The number of aromatic nitrogens is 3. The lowest BCUT2D eigenvalue weighted by molar-refractivity contribution is -0.143. The molecule has 2 atom stereocenters. The van der Waals surface area contributed by atoms with E-state index in [1.165, 1.54) is 6.42 Å². The molecule has 1 saturated heterocycles. The van der Waals surface area contributed by atoms with Gasteiger partial charge in [-0.15, -0.1) is 5.10 Å². The molecule has 0 radical (unpaired) electrons. The number of amides is 2. The second-order valence-corrected chi connectivity index (χ2v) is 10.3. The van der Waals surface area contributed by atoms with E-state index in [0.29, 0.717) is 29.2 Å². The molecule has 2 amide bonds. The van der Waals surface area contributed by atoms with Gasteiger partial charge in [-0.05, 0) is 49.9 Å². The van der Waals surface area contributed by atoms with Crippen molar-refractivity contribution in [1.82, 2.24) is 25.2 Å². The van der Waals surface area contributed by atoms with Crippen LogP contribution >= 0.6 is 0 Å². The van der Waals surface area contributed by atoms with Crippen LogP contribution in [0, 0.1) is 0 Å². The van der Waals surface area contributed by atoms with Gasteiger partial charge < -0.3 is 24.4 Å². The summed E-state index contributed by atoms with van der Waals surface area (Å²) in [6.07, 6.45) is 6.80. The molecular weight excluding hydrogens is 498 g/mol. The summed E-state index contributed by atoms with van der Waals surface area (Å²) in [6.45, 7) is 0.869. The van der Waals surface area contributed by atoms with Crippen molar-refractivity contribution in [2.45, 2.75) is 69.7 Å². The first-order valence-corrected chi connectivity index (χ1v) is 13.8.